The van der Waals surface area contributed by atoms with Crippen molar-refractivity contribution in [1.82, 2.24) is 0 Å². The van der Waals surface area contributed by atoms with E-state index in [-0.39, 0.29) is 5.56 Å². The van der Waals surface area contributed by atoms with Crippen molar-refractivity contribution in [3.8, 4) is 6.07 Å². The van der Waals surface area contributed by atoms with E-state index in [1.54, 1.807) is 6.07 Å². The molecule has 1 aliphatic carbocycles. The zero-order chi connectivity index (χ0) is 21.2. The van der Waals surface area contributed by atoms with Crippen LogP contribution in [-0.4, -0.2) is 13.2 Å². The molecule has 0 radical (unpaired) electrons. The van der Waals surface area contributed by atoms with Gasteiger partial charge >= 0.3 is 0 Å². The maximum Gasteiger partial charge on any atom is 0.183 e. The molecule has 0 atom stereocenters. The van der Waals surface area contributed by atoms with Gasteiger partial charge in [0.2, 0.25) is 0 Å². The molecule has 1 aromatic rings. The number of hydrogen-bond acceptors (Lipinski definition) is 3. The van der Waals surface area contributed by atoms with Crippen LogP contribution in [-0.2, 0) is 9.47 Å². The van der Waals surface area contributed by atoms with Crippen LogP contribution in [0.3, 0.4) is 0 Å². The smallest absolute Gasteiger partial charge is 0.183 e. The van der Waals surface area contributed by atoms with E-state index in [2.05, 4.69) is 6.92 Å². The van der Waals surface area contributed by atoms with E-state index in [4.69, 9.17) is 14.7 Å². The molecule has 1 saturated carbocycles. The van der Waals surface area contributed by atoms with E-state index in [1.165, 1.54) is 82.8 Å². The van der Waals surface area contributed by atoms with Gasteiger partial charge in [-0.05, 0) is 30.4 Å². The molecule has 1 aromatic carbocycles. The van der Waals surface area contributed by atoms with Crippen LogP contribution in [0.15, 0.2) is 18.2 Å². The van der Waals surface area contributed by atoms with Crippen LogP contribution in [0.2, 0.25) is 0 Å². The number of benzene rings is 1. The van der Waals surface area contributed by atoms with Gasteiger partial charge in [-0.2, -0.15) is 5.26 Å². The fourth-order valence-corrected chi connectivity index (χ4v) is 4.99. The minimum atomic E-state index is -0.517. The average Bonchev–Trinajstić information content (AvgIpc) is 2.78. The fraction of sp³-hybridized carbons (Fsp3) is 0.731. The Balaban J connectivity index is 1.29. The molecule has 1 heterocycles. The van der Waals surface area contributed by atoms with E-state index >= 15 is 0 Å². The van der Waals surface area contributed by atoms with Crippen LogP contribution < -0.4 is 0 Å². The summed E-state index contributed by atoms with van der Waals surface area (Å²) in [6.07, 6.45) is 16.0. The van der Waals surface area contributed by atoms with E-state index in [0.717, 1.165) is 18.3 Å². The summed E-state index contributed by atoms with van der Waals surface area (Å²) in [5, 5.41) is 8.85. The minimum absolute atomic E-state index is 0.0543. The molecule has 0 unspecified atom stereocenters. The summed E-state index contributed by atoms with van der Waals surface area (Å²) in [4.78, 5) is 0. The van der Waals surface area contributed by atoms with Crippen LogP contribution in [0.1, 0.15) is 101 Å². The standard InChI is InChI=1S/C26H38FNO2/c1-2-3-4-5-6-7-20-8-10-21(11-9-20)12-13-22-18-29-26(30-19-22)23-14-15-24(17-28)25(27)16-23/h14-16,20-22,26H,2-13,18-19H2,1H3. The van der Waals surface area contributed by atoms with E-state index in [1.807, 2.05) is 6.07 Å². The number of nitriles is 1. The number of halogens is 1. The first-order valence-corrected chi connectivity index (χ1v) is 12.1. The molecule has 2 fully saturated rings. The fourth-order valence-electron chi connectivity index (χ4n) is 4.99. The lowest BCUT2D eigenvalue weighted by Gasteiger charge is -2.32. The molecule has 4 heteroatoms. The van der Waals surface area contributed by atoms with Crippen molar-refractivity contribution in [2.45, 2.75) is 90.3 Å². The molecule has 0 bridgehead atoms. The van der Waals surface area contributed by atoms with Crippen LogP contribution in [0.25, 0.3) is 0 Å². The number of rotatable bonds is 10. The molecule has 2 aliphatic rings. The Labute approximate surface area is 182 Å². The maximum absolute atomic E-state index is 13.8. The summed E-state index contributed by atoms with van der Waals surface area (Å²) in [6, 6.07) is 6.40. The molecule has 0 N–H and O–H groups in total. The quantitative estimate of drug-likeness (QED) is 0.376. The number of unbranched alkanes of at least 4 members (excludes halogenated alkanes) is 4. The molecule has 0 aromatic heterocycles. The molecular weight excluding hydrogens is 377 g/mol. The molecular formula is C26H38FNO2. The number of hydrogen-bond donors (Lipinski definition) is 0. The first-order chi connectivity index (χ1) is 14.7. The van der Waals surface area contributed by atoms with Crippen molar-refractivity contribution >= 4 is 0 Å². The highest BCUT2D eigenvalue weighted by atomic mass is 19.1. The highest BCUT2D eigenvalue weighted by molar-refractivity contribution is 5.33. The topological polar surface area (TPSA) is 42.2 Å². The zero-order valence-corrected chi connectivity index (χ0v) is 18.6. The normalized spacial score (nSPS) is 27.0. The van der Waals surface area contributed by atoms with Crippen LogP contribution >= 0.6 is 0 Å². The van der Waals surface area contributed by atoms with Crippen LogP contribution in [0.5, 0.6) is 0 Å². The first-order valence-electron chi connectivity index (χ1n) is 12.1. The molecule has 3 nitrogen and oxygen atoms in total. The second-order valence-corrected chi connectivity index (χ2v) is 9.38. The van der Waals surface area contributed by atoms with Gasteiger partial charge in [-0.25, -0.2) is 4.39 Å². The predicted octanol–water partition coefficient (Wildman–Crippen LogP) is 7.31. The van der Waals surface area contributed by atoms with Gasteiger partial charge in [0, 0.05) is 11.5 Å². The van der Waals surface area contributed by atoms with Crippen LogP contribution in [0.4, 0.5) is 4.39 Å². The number of nitrogens with zero attached hydrogens (tertiary/aromatic N) is 1. The Morgan fingerprint density at radius 3 is 2.17 bits per heavy atom. The second kappa shape index (κ2) is 12.4. The Kier molecular flexibility index (Phi) is 9.62. The summed E-state index contributed by atoms with van der Waals surface area (Å²) < 4.78 is 25.5. The van der Waals surface area contributed by atoms with Gasteiger partial charge in [0.05, 0.1) is 18.8 Å². The van der Waals surface area contributed by atoms with Crippen molar-refractivity contribution in [3.63, 3.8) is 0 Å². The largest absolute Gasteiger partial charge is 0.348 e. The summed E-state index contributed by atoms with van der Waals surface area (Å²) in [7, 11) is 0. The lowest BCUT2D eigenvalue weighted by Crippen LogP contribution is -2.28. The van der Waals surface area contributed by atoms with Crippen molar-refractivity contribution in [2.75, 3.05) is 13.2 Å². The van der Waals surface area contributed by atoms with Gasteiger partial charge in [-0.1, -0.05) is 83.6 Å². The monoisotopic (exact) mass is 415 g/mol. The summed E-state index contributed by atoms with van der Waals surface area (Å²) in [5.41, 5.74) is 0.705. The van der Waals surface area contributed by atoms with Gasteiger partial charge in [0.1, 0.15) is 11.9 Å². The Morgan fingerprint density at radius 1 is 0.900 bits per heavy atom. The Hall–Kier alpha value is -1.44. The van der Waals surface area contributed by atoms with E-state index < -0.39 is 12.1 Å². The van der Waals surface area contributed by atoms with Crippen LogP contribution in [0, 0.1) is 34.9 Å². The zero-order valence-electron chi connectivity index (χ0n) is 18.6. The predicted molar refractivity (Wildman–Crippen MR) is 117 cm³/mol. The van der Waals surface area contributed by atoms with Gasteiger partial charge in [-0.15, -0.1) is 0 Å². The van der Waals surface area contributed by atoms with E-state index in [9.17, 15) is 4.39 Å². The third-order valence-electron chi connectivity index (χ3n) is 7.02. The average molecular weight is 416 g/mol. The lowest BCUT2D eigenvalue weighted by atomic mass is 9.77. The van der Waals surface area contributed by atoms with Crippen molar-refractivity contribution in [2.24, 2.45) is 17.8 Å². The molecule has 30 heavy (non-hydrogen) atoms. The molecule has 166 valence electrons. The molecule has 1 saturated heterocycles. The molecule has 1 aliphatic heterocycles. The molecule has 0 spiro atoms. The summed E-state index contributed by atoms with van der Waals surface area (Å²) in [5.74, 6) is 1.76. The maximum atomic E-state index is 13.8. The molecule has 3 rings (SSSR count). The van der Waals surface area contributed by atoms with Gasteiger partial charge in [0.25, 0.3) is 0 Å². The second-order valence-electron chi connectivity index (χ2n) is 9.38. The van der Waals surface area contributed by atoms with Crippen molar-refractivity contribution in [3.05, 3.63) is 35.1 Å². The lowest BCUT2D eigenvalue weighted by molar-refractivity contribution is -0.206. The highest BCUT2D eigenvalue weighted by Crippen LogP contribution is 2.36. The first kappa shape index (κ1) is 23.2. The van der Waals surface area contributed by atoms with Crippen molar-refractivity contribution in [1.29, 1.82) is 5.26 Å². The van der Waals surface area contributed by atoms with E-state index in [0.29, 0.717) is 24.7 Å². The van der Waals surface area contributed by atoms with Gasteiger partial charge in [0.15, 0.2) is 6.29 Å². The third-order valence-corrected chi connectivity index (χ3v) is 7.02. The Morgan fingerprint density at radius 2 is 1.53 bits per heavy atom. The minimum Gasteiger partial charge on any atom is -0.348 e. The molecule has 0 amide bonds. The summed E-state index contributed by atoms with van der Waals surface area (Å²) in [6.45, 7) is 3.61. The SMILES string of the molecule is CCCCCCCC1CCC(CCC2COC(c3ccc(C#N)c(F)c3)OC2)CC1. The van der Waals surface area contributed by atoms with Crippen molar-refractivity contribution < 1.29 is 13.9 Å². The van der Waals surface area contributed by atoms with Gasteiger partial charge in [-0.3, -0.25) is 0 Å². The van der Waals surface area contributed by atoms with Gasteiger partial charge < -0.3 is 9.47 Å². The number of ether oxygens (including phenoxy) is 2. The highest BCUT2D eigenvalue weighted by Gasteiger charge is 2.26. The Bertz CT molecular complexity index is 670. The summed E-state index contributed by atoms with van der Waals surface area (Å²) >= 11 is 0. The third kappa shape index (κ3) is 7.06.